The molecular weight excluding hydrogens is 226 g/mol. The third-order valence-electron chi connectivity index (χ3n) is 2.23. The average Bonchev–Trinajstić information content (AvgIpc) is 2.11. The van der Waals surface area contributed by atoms with Crippen LogP contribution in [0.2, 0.25) is 0 Å². The first-order valence-electron chi connectivity index (χ1n) is 4.57. The second-order valence-electron chi connectivity index (χ2n) is 3.41. The SMILES string of the molecule is CCN(C)Cc1ccc(C)c(Br)c1. The highest BCUT2D eigenvalue weighted by atomic mass is 79.9. The molecule has 0 aromatic heterocycles. The number of hydrogen-bond donors (Lipinski definition) is 0. The maximum atomic E-state index is 3.54. The van der Waals surface area contributed by atoms with E-state index in [1.54, 1.807) is 0 Å². The molecule has 0 saturated carbocycles. The number of benzene rings is 1. The minimum Gasteiger partial charge on any atom is -0.302 e. The van der Waals surface area contributed by atoms with Crippen LogP contribution in [0.25, 0.3) is 0 Å². The molecule has 1 aromatic carbocycles. The van der Waals surface area contributed by atoms with Crippen LogP contribution in [0.3, 0.4) is 0 Å². The number of halogens is 1. The zero-order chi connectivity index (χ0) is 9.84. The van der Waals surface area contributed by atoms with Crippen LogP contribution in [-0.2, 0) is 6.54 Å². The largest absolute Gasteiger partial charge is 0.302 e. The lowest BCUT2D eigenvalue weighted by Gasteiger charge is -2.14. The van der Waals surface area contributed by atoms with E-state index in [1.165, 1.54) is 15.6 Å². The molecule has 0 atom stereocenters. The van der Waals surface area contributed by atoms with Gasteiger partial charge in [0.05, 0.1) is 0 Å². The third kappa shape index (κ3) is 3.12. The summed E-state index contributed by atoms with van der Waals surface area (Å²) in [6.45, 7) is 6.39. The Morgan fingerprint density at radius 1 is 1.38 bits per heavy atom. The number of aryl methyl sites for hydroxylation is 1. The third-order valence-corrected chi connectivity index (χ3v) is 3.08. The van der Waals surface area contributed by atoms with Crippen molar-refractivity contribution in [1.29, 1.82) is 0 Å². The fraction of sp³-hybridized carbons (Fsp3) is 0.455. The first-order chi connectivity index (χ1) is 6.13. The van der Waals surface area contributed by atoms with Gasteiger partial charge in [0.15, 0.2) is 0 Å². The highest BCUT2D eigenvalue weighted by molar-refractivity contribution is 9.10. The molecule has 0 heterocycles. The summed E-state index contributed by atoms with van der Waals surface area (Å²) < 4.78 is 1.20. The van der Waals surface area contributed by atoms with E-state index in [9.17, 15) is 0 Å². The van der Waals surface area contributed by atoms with Crippen LogP contribution in [0, 0.1) is 6.92 Å². The molecule has 0 fully saturated rings. The predicted molar refractivity (Wildman–Crippen MR) is 60.9 cm³/mol. The Bertz CT molecular complexity index is 283. The standard InChI is InChI=1S/C11H16BrN/c1-4-13(3)8-10-6-5-9(2)11(12)7-10/h5-7H,4,8H2,1-3H3. The second kappa shape index (κ2) is 4.77. The summed E-state index contributed by atoms with van der Waals surface area (Å²) in [5, 5.41) is 0. The second-order valence-corrected chi connectivity index (χ2v) is 4.27. The number of hydrogen-bond acceptors (Lipinski definition) is 1. The first-order valence-corrected chi connectivity index (χ1v) is 5.36. The summed E-state index contributed by atoms with van der Waals surface area (Å²) in [7, 11) is 2.13. The molecule has 0 N–H and O–H groups in total. The molecule has 1 nitrogen and oxygen atoms in total. The van der Waals surface area contributed by atoms with Crippen LogP contribution < -0.4 is 0 Å². The van der Waals surface area contributed by atoms with Crippen molar-refractivity contribution in [3.8, 4) is 0 Å². The average molecular weight is 242 g/mol. The summed E-state index contributed by atoms with van der Waals surface area (Å²) in [5.41, 5.74) is 2.66. The lowest BCUT2D eigenvalue weighted by molar-refractivity contribution is 0.345. The Kier molecular flexibility index (Phi) is 3.94. The molecule has 0 aliphatic heterocycles. The van der Waals surface area contributed by atoms with Gasteiger partial charge in [-0.2, -0.15) is 0 Å². The molecule has 0 radical (unpaired) electrons. The smallest absolute Gasteiger partial charge is 0.0230 e. The first kappa shape index (κ1) is 10.7. The van der Waals surface area contributed by atoms with Crippen LogP contribution in [0.15, 0.2) is 22.7 Å². The molecule has 0 aliphatic rings. The monoisotopic (exact) mass is 241 g/mol. The zero-order valence-corrected chi connectivity index (χ0v) is 10.1. The van der Waals surface area contributed by atoms with Gasteiger partial charge in [-0.25, -0.2) is 0 Å². The molecular formula is C11H16BrN. The molecule has 1 rings (SSSR count). The van der Waals surface area contributed by atoms with E-state index in [2.05, 4.69) is 59.9 Å². The van der Waals surface area contributed by atoms with Crippen molar-refractivity contribution >= 4 is 15.9 Å². The van der Waals surface area contributed by atoms with Gasteiger partial charge in [0.25, 0.3) is 0 Å². The molecule has 0 bridgehead atoms. The number of nitrogens with zero attached hydrogens (tertiary/aromatic N) is 1. The van der Waals surface area contributed by atoms with E-state index in [-0.39, 0.29) is 0 Å². The summed E-state index contributed by atoms with van der Waals surface area (Å²) >= 11 is 3.54. The van der Waals surface area contributed by atoms with Gasteiger partial charge >= 0.3 is 0 Å². The molecule has 0 saturated heterocycles. The van der Waals surface area contributed by atoms with Crippen molar-refractivity contribution in [2.75, 3.05) is 13.6 Å². The predicted octanol–water partition coefficient (Wildman–Crippen LogP) is 3.21. The molecule has 1 aromatic rings. The minimum atomic E-state index is 1.02. The Morgan fingerprint density at radius 3 is 2.62 bits per heavy atom. The van der Waals surface area contributed by atoms with Gasteiger partial charge in [-0.05, 0) is 37.7 Å². The highest BCUT2D eigenvalue weighted by Gasteiger charge is 1.99. The van der Waals surface area contributed by atoms with Crippen LogP contribution in [0.5, 0.6) is 0 Å². The van der Waals surface area contributed by atoms with Crippen molar-refractivity contribution in [1.82, 2.24) is 4.90 Å². The van der Waals surface area contributed by atoms with Gasteiger partial charge in [0, 0.05) is 11.0 Å². The normalized spacial score (nSPS) is 10.8. The number of rotatable bonds is 3. The van der Waals surface area contributed by atoms with Gasteiger partial charge in [0.1, 0.15) is 0 Å². The van der Waals surface area contributed by atoms with Crippen LogP contribution >= 0.6 is 15.9 Å². The van der Waals surface area contributed by atoms with Gasteiger partial charge in [0.2, 0.25) is 0 Å². The van der Waals surface area contributed by atoms with E-state index >= 15 is 0 Å². The minimum absolute atomic E-state index is 1.02. The molecule has 0 unspecified atom stereocenters. The fourth-order valence-corrected chi connectivity index (χ4v) is 1.58. The van der Waals surface area contributed by atoms with Crippen molar-refractivity contribution in [2.24, 2.45) is 0 Å². The maximum absolute atomic E-state index is 3.54. The topological polar surface area (TPSA) is 3.24 Å². The van der Waals surface area contributed by atoms with Crippen LogP contribution in [0.1, 0.15) is 18.1 Å². The van der Waals surface area contributed by atoms with Crippen molar-refractivity contribution in [3.05, 3.63) is 33.8 Å². The zero-order valence-electron chi connectivity index (χ0n) is 8.47. The van der Waals surface area contributed by atoms with Crippen LogP contribution in [0.4, 0.5) is 0 Å². The lowest BCUT2D eigenvalue weighted by atomic mass is 10.1. The molecule has 2 heteroatoms. The Balaban J connectivity index is 2.73. The van der Waals surface area contributed by atoms with Gasteiger partial charge in [-0.1, -0.05) is 35.0 Å². The maximum Gasteiger partial charge on any atom is 0.0230 e. The Hall–Kier alpha value is -0.340. The van der Waals surface area contributed by atoms with E-state index in [0.717, 1.165) is 13.1 Å². The quantitative estimate of drug-likeness (QED) is 0.786. The Labute approximate surface area is 88.9 Å². The van der Waals surface area contributed by atoms with E-state index in [0.29, 0.717) is 0 Å². The molecule has 0 amide bonds. The summed E-state index contributed by atoms with van der Waals surface area (Å²) in [5.74, 6) is 0. The van der Waals surface area contributed by atoms with Crippen molar-refractivity contribution in [2.45, 2.75) is 20.4 Å². The highest BCUT2D eigenvalue weighted by Crippen LogP contribution is 2.18. The molecule has 72 valence electrons. The van der Waals surface area contributed by atoms with Gasteiger partial charge in [-0.15, -0.1) is 0 Å². The van der Waals surface area contributed by atoms with Crippen LogP contribution in [-0.4, -0.2) is 18.5 Å². The summed E-state index contributed by atoms with van der Waals surface area (Å²) in [4.78, 5) is 2.29. The van der Waals surface area contributed by atoms with E-state index < -0.39 is 0 Å². The Morgan fingerprint density at radius 2 is 2.08 bits per heavy atom. The van der Waals surface area contributed by atoms with Crippen molar-refractivity contribution in [3.63, 3.8) is 0 Å². The van der Waals surface area contributed by atoms with Crippen molar-refractivity contribution < 1.29 is 0 Å². The van der Waals surface area contributed by atoms with E-state index in [1.807, 2.05) is 0 Å². The summed E-state index contributed by atoms with van der Waals surface area (Å²) in [6, 6.07) is 6.54. The van der Waals surface area contributed by atoms with Gasteiger partial charge in [-0.3, -0.25) is 0 Å². The molecule has 0 aliphatic carbocycles. The molecule has 0 spiro atoms. The van der Waals surface area contributed by atoms with E-state index in [4.69, 9.17) is 0 Å². The summed E-state index contributed by atoms with van der Waals surface area (Å²) in [6.07, 6.45) is 0. The molecule has 13 heavy (non-hydrogen) atoms. The lowest BCUT2D eigenvalue weighted by Crippen LogP contribution is -2.16. The van der Waals surface area contributed by atoms with Gasteiger partial charge < -0.3 is 4.90 Å². The fourth-order valence-electron chi connectivity index (χ4n) is 1.16.